The van der Waals surface area contributed by atoms with Crippen LogP contribution in [-0.2, 0) is 11.8 Å². The predicted octanol–water partition coefficient (Wildman–Crippen LogP) is 1.88. The van der Waals surface area contributed by atoms with Crippen LogP contribution in [0.4, 0.5) is 0 Å². The van der Waals surface area contributed by atoms with Crippen LogP contribution in [0, 0.1) is 0 Å². The molecule has 4 nitrogen and oxygen atoms in total. The van der Waals surface area contributed by atoms with E-state index in [9.17, 15) is 4.79 Å². The van der Waals surface area contributed by atoms with Gasteiger partial charge in [0, 0.05) is 17.5 Å². The molecule has 0 saturated carbocycles. The lowest BCUT2D eigenvalue weighted by Gasteiger charge is -2.19. The summed E-state index contributed by atoms with van der Waals surface area (Å²) in [6.45, 7) is 8.29. The highest BCUT2D eigenvalue weighted by Gasteiger charge is 2.19. The summed E-state index contributed by atoms with van der Waals surface area (Å²) in [7, 11) is 0. The van der Waals surface area contributed by atoms with Gasteiger partial charge in [-0.05, 0) is 6.42 Å². The number of aromatic amines is 1. The van der Waals surface area contributed by atoms with Crippen molar-refractivity contribution in [1.29, 1.82) is 0 Å². The fraction of sp³-hybridized carbons (Fsp3) is 0.500. The van der Waals surface area contributed by atoms with Gasteiger partial charge in [0.2, 0.25) is 0 Å². The summed E-state index contributed by atoms with van der Waals surface area (Å²) in [5.74, 6) is 0. The molecule has 0 fully saturated rings. The standard InChI is InChI=1S/C12H17N3O/c1-5-8-6-10-13-11(16)7-9(12(2,3)4)15(10)14-8/h6-7H,5H2,1-4H3,(H,13,16). The second-order valence-corrected chi connectivity index (χ2v) is 5.06. The fourth-order valence-electron chi connectivity index (χ4n) is 1.76. The molecule has 2 aromatic rings. The lowest BCUT2D eigenvalue weighted by Crippen LogP contribution is -2.22. The predicted molar refractivity (Wildman–Crippen MR) is 63.9 cm³/mol. The minimum Gasteiger partial charge on any atom is -0.307 e. The third-order valence-electron chi connectivity index (χ3n) is 2.64. The van der Waals surface area contributed by atoms with Crippen molar-refractivity contribution < 1.29 is 0 Å². The Morgan fingerprint density at radius 2 is 2.06 bits per heavy atom. The fourth-order valence-corrected chi connectivity index (χ4v) is 1.76. The Morgan fingerprint density at radius 3 is 2.62 bits per heavy atom. The molecule has 0 spiro atoms. The Morgan fingerprint density at radius 1 is 1.38 bits per heavy atom. The van der Waals surface area contributed by atoms with Gasteiger partial charge in [-0.1, -0.05) is 27.7 Å². The van der Waals surface area contributed by atoms with E-state index in [1.165, 1.54) is 0 Å². The van der Waals surface area contributed by atoms with Gasteiger partial charge in [-0.15, -0.1) is 0 Å². The normalized spacial score (nSPS) is 12.2. The summed E-state index contributed by atoms with van der Waals surface area (Å²) in [6.07, 6.45) is 0.868. The van der Waals surface area contributed by atoms with Crippen LogP contribution in [0.3, 0.4) is 0 Å². The van der Waals surface area contributed by atoms with Crippen LogP contribution in [0.25, 0.3) is 5.65 Å². The summed E-state index contributed by atoms with van der Waals surface area (Å²) < 4.78 is 1.83. The van der Waals surface area contributed by atoms with Gasteiger partial charge in [0.25, 0.3) is 5.56 Å². The molecular formula is C12H17N3O. The average molecular weight is 219 g/mol. The first-order valence-corrected chi connectivity index (χ1v) is 5.54. The van der Waals surface area contributed by atoms with E-state index < -0.39 is 0 Å². The lowest BCUT2D eigenvalue weighted by atomic mass is 9.92. The molecule has 0 bridgehead atoms. The van der Waals surface area contributed by atoms with Crippen molar-refractivity contribution >= 4 is 5.65 Å². The monoisotopic (exact) mass is 219 g/mol. The van der Waals surface area contributed by atoms with Gasteiger partial charge < -0.3 is 4.98 Å². The van der Waals surface area contributed by atoms with Crippen molar-refractivity contribution in [3.8, 4) is 0 Å². The minimum atomic E-state index is -0.0937. The van der Waals surface area contributed by atoms with Gasteiger partial charge >= 0.3 is 0 Å². The molecule has 86 valence electrons. The van der Waals surface area contributed by atoms with E-state index in [2.05, 4.69) is 37.8 Å². The second kappa shape index (κ2) is 3.47. The number of aromatic nitrogens is 3. The SMILES string of the molecule is CCc1cc2[nH]c(=O)cc(C(C)(C)C)n2n1. The molecule has 1 N–H and O–H groups in total. The van der Waals surface area contributed by atoms with Gasteiger partial charge in [0.05, 0.1) is 11.4 Å². The van der Waals surface area contributed by atoms with Crippen molar-refractivity contribution in [1.82, 2.24) is 14.6 Å². The molecule has 0 aliphatic carbocycles. The van der Waals surface area contributed by atoms with Crippen LogP contribution < -0.4 is 5.56 Å². The maximum Gasteiger partial charge on any atom is 0.251 e. The zero-order valence-corrected chi connectivity index (χ0v) is 10.2. The van der Waals surface area contributed by atoms with Crippen molar-refractivity contribution in [2.24, 2.45) is 0 Å². The van der Waals surface area contributed by atoms with E-state index in [1.54, 1.807) is 6.07 Å². The molecule has 0 aliphatic rings. The van der Waals surface area contributed by atoms with Crippen molar-refractivity contribution in [2.45, 2.75) is 39.5 Å². The topological polar surface area (TPSA) is 50.2 Å². The van der Waals surface area contributed by atoms with Crippen LogP contribution in [-0.4, -0.2) is 14.6 Å². The Labute approximate surface area is 94.3 Å². The van der Waals surface area contributed by atoms with E-state index in [0.29, 0.717) is 0 Å². The Kier molecular flexibility index (Phi) is 2.37. The highest BCUT2D eigenvalue weighted by molar-refractivity contribution is 5.41. The Hall–Kier alpha value is -1.58. The quantitative estimate of drug-likeness (QED) is 0.796. The minimum absolute atomic E-state index is 0.0695. The van der Waals surface area contributed by atoms with Gasteiger partial charge in [-0.2, -0.15) is 5.10 Å². The molecule has 0 amide bonds. The first kappa shape index (κ1) is 10.9. The summed E-state index contributed by atoms with van der Waals surface area (Å²) in [5.41, 5.74) is 2.54. The zero-order valence-electron chi connectivity index (χ0n) is 10.2. The van der Waals surface area contributed by atoms with Crippen LogP contribution in [0.15, 0.2) is 16.9 Å². The molecule has 16 heavy (non-hydrogen) atoms. The summed E-state index contributed by atoms with van der Waals surface area (Å²) in [4.78, 5) is 14.4. The molecule has 0 atom stereocenters. The van der Waals surface area contributed by atoms with E-state index in [1.807, 2.05) is 10.6 Å². The van der Waals surface area contributed by atoms with Gasteiger partial charge in [0.15, 0.2) is 0 Å². The molecule has 2 heterocycles. The van der Waals surface area contributed by atoms with Crippen molar-refractivity contribution in [2.75, 3.05) is 0 Å². The molecule has 0 saturated heterocycles. The third-order valence-corrected chi connectivity index (χ3v) is 2.64. The number of hydrogen-bond acceptors (Lipinski definition) is 2. The van der Waals surface area contributed by atoms with Crippen LogP contribution in [0.2, 0.25) is 0 Å². The Bertz CT molecular complexity index is 572. The van der Waals surface area contributed by atoms with Gasteiger partial charge in [-0.3, -0.25) is 4.79 Å². The first-order chi connectivity index (χ1) is 7.41. The molecule has 4 heteroatoms. The summed E-state index contributed by atoms with van der Waals surface area (Å²) >= 11 is 0. The highest BCUT2D eigenvalue weighted by atomic mass is 16.1. The first-order valence-electron chi connectivity index (χ1n) is 5.54. The number of nitrogens with zero attached hydrogens (tertiary/aromatic N) is 2. The largest absolute Gasteiger partial charge is 0.307 e. The van der Waals surface area contributed by atoms with Crippen LogP contribution >= 0.6 is 0 Å². The van der Waals surface area contributed by atoms with Gasteiger partial charge in [-0.25, -0.2) is 4.52 Å². The molecule has 0 aromatic carbocycles. The molecule has 0 radical (unpaired) electrons. The molecule has 2 rings (SSSR count). The number of H-pyrrole nitrogens is 1. The highest BCUT2D eigenvalue weighted by Crippen LogP contribution is 2.21. The number of fused-ring (bicyclic) bond motifs is 1. The lowest BCUT2D eigenvalue weighted by molar-refractivity contribution is 0.544. The summed E-state index contributed by atoms with van der Waals surface area (Å²) in [5, 5.41) is 4.49. The molecule has 0 unspecified atom stereocenters. The summed E-state index contributed by atoms with van der Waals surface area (Å²) in [6, 6.07) is 3.55. The molecule has 0 aliphatic heterocycles. The molecular weight excluding hydrogens is 202 g/mol. The van der Waals surface area contributed by atoms with Crippen LogP contribution in [0.1, 0.15) is 39.1 Å². The number of rotatable bonds is 1. The zero-order chi connectivity index (χ0) is 11.9. The van der Waals surface area contributed by atoms with E-state index in [4.69, 9.17) is 0 Å². The third kappa shape index (κ3) is 1.75. The van der Waals surface area contributed by atoms with E-state index in [0.717, 1.165) is 23.5 Å². The van der Waals surface area contributed by atoms with Crippen molar-refractivity contribution in [3.63, 3.8) is 0 Å². The molecule has 2 aromatic heterocycles. The average Bonchev–Trinajstić information content (AvgIpc) is 2.57. The van der Waals surface area contributed by atoms with Gasteiger partial charge in [0.1, 0.15) is 5.65 Å². The van der Waals surface area contributed by atoms with E-state index >= 15 is 0 Å². The number of aryl methyl sites for hydroxylation is 1. The smallest absolute Gasteiger partial charge is 0.251 e. The number of hydrogen-bond donors (Lipinski definition) is 1. The maximum atomic E-state index is 11.6. The second-order valence-electron chi connectivity index (χ2n) is 5.06. The number of nitrogens with one attached hydrogen (secondary N) is 1. The van der Waals surface area contributed by atoms with Crippen LogP contribution in [0.5, 0.6) is 0 Å². The van der Waals surface area contributed by atoms with E-state index in [-0.39, 0.29) is 11.0 Å². The van der Waals surface area contributed by atoms with Crippen molar-refractivity contribution in [3.05, 3.63) is 33.9 Å². The maximum absolute atomic E-state index is 11.6. The Balaban J connectivity index is 2.81.